The molecule has 0 radical (unpaired) electrons. The van der Waals surface area contributed by atoms with Crippen molar-refractivity contribution in [3.63, 3.8) is 0 Å². The van der Waals surface area contributed by atoms with Crippen molar-refractivity contribution in [2.75, 3.05) is 37.4 Å². The van der Waals surface area contributed by atoms with Crippen LogP contribution in [0, 0.1) is 5.92 Å². The Labute approximate surface area is 185 Å². The maximum atomic E-state index is 4.79. The first-order valence-corrected chi connectivity index (χ1v) is 11.5. The van der Waals surface area contributed by atoms with Gasteiger partial charge >= 0.3 is 0 Å². The molecule has 164 valence electrons. The third-order valence-corrected chi connectivity index (χ3v) is 6.13. The number of anilines is 2. The first-order chi connectivity index (χ1) is 15.2. The number of aryl methyl sites for hydroxylation is 1. The highest BCUT2D eigenvalue weighted by molar-refractivity contribution is 5.90. The van der Waals surface area contributed by atoms with E-state index in [4.69, 9.17) is 9.97 Å². The summed E-state index contributed by atoms with van der Waals surface area (Å²) in [5, 5.41) is 8.35. The first-order valence-electron chi connectivity index (χ1n) is 11.5. The molecular weight excluding hydrogens is 384 g/mol. The van der Waals surface area contributed by atoms with Crippen LogP contribution in [0.2, 0.25) is 0 Å². The number of nitrogens with one attached hydrogen (secondary N) is 2. The van der Waals surface area contributed by atoms with Crippen LogP contribution in [0.15, 0.2) is 48.7 Å². The molecule has 6 heteroatoms. The molecule has 2 aromatic heterocycles. The van der Waals surface area contributed by atoms with Crippen LogP contribution in [0.4, 0.5) is 11.8 Å². The maximum absolute atomic E-state index is 4.79. The second kappa shape index (κ2) is 10.5. The molecule has 0 bridgehead atoms. The summed E-state index contributed by atoms with van der Waals surface area (Å²) in [6.07, 6.45) is 8.91. The Morgan fingerprint density at radius 1 is 0.968 bits per heavy atom. The fourth-order valence-electron chi connectivity index (χ4n) is 4.41. The van der Waals surface area contributed by atoms with Gasteiger partial charge in [0.2, 0.25) is 5.95 Å². The van der Waals surface area contributed by atoms with Gasteiger partial charge in [0.25, 0.3) is 0 Å². The van der Waals surface area contributed by atoms with Crippen molar-refractivity contribution < 1.29 is 0 Å². The molecule has 4 rings (SSSR count). The molecule has 1 aromatic carbocycles. The quantitative estimate of drug-likeness (QED) is 0.506. The molecule has 0 spiro atoms. The Bertz CT molecular complexity index is 951. The number of aromatic nitrogens is 3. The van der Waals surface area contributed by atoms with Crippen molar-refractivity contribution in [1.29, 1.82) is 0 Å². The summed E-state index contributed by atoms with van der Waals surface area (Å²) in [6, 6.07) is 14.8. The standard InChI is InChI=1S/C25H34N6/c1-31(2)24-22-10-3-4-11-23(22)29-25(30-24)28-21-14-12-19(13-15-21)18-26-16-7-9-20-8-5-6-17-27-20/h3-6,8,10-11,17,19,21,26H,7,9,12-16,18H2,1-2H3,(H,28,29,30). The third kappa shape index (κ3) is 5.91. The molecule has 0 unspecified atom stereocenters. The third-order valence-electron chi connectivity index (χ3n) is 6.13. The van der Waals surface area contributed by atoms with Crippen molar-refractivity contribution in [2.45, 2.75) is 44.6 Å². The van der Waals surface area contributed by atoms with Crippen molar-refractivity contribution in [1.82, 2.24) is 20.3 Å². The highest BCUT2D eigenvalue weighted by atomic mass is 15.2. The minimum absolute atomic E-state index is 0.455. The second-order valence-electron chi connectivity index (χ2n) is 8.77. The molecule has 1 aliphatic carbocycles. The van der Waals surface area contributed by atoms with Crippen LogP contribution < -0.4 is 15.5 Å². The fourth-order valence-corrected chi connectivity index (χ4v) is 4.41. The van der Waals surface area contributed by atoms with Gasteiger partial charge in [-0.3, -0.25) is 4.98 Å². The number of benzene rings is 1. The molecule has 6 nitrogen and oxygen atoms in total. The molecule has 3 aromatic rings. The van der Waals surface area contributed by atoms with Gasteiger partial charge in [0.1, 0.15) is 5.82 Å². The molecule has 2 heterocycles. The lowest BCUT2D eigenvalue weighted by atomic mass is 9.86. The molecular formula is C25H34N6. The minimum atomic E-state index is 0.455. The van der Waals surface area contributed by atoms with Gasteiger partial charge in [-0.15, -0.1) is 0 Å². The minimum Gasteiger partial charge on any atom is -0.362 e. The molecule has 31 heavy (non-hydrogen) atoms. The second-order valence-corrected chi connectivity index (χ2v) is 8.77. The van der Waals surface area contributed by atoms with Gasteiger partial charge in [0, 0.05) is 37.4 Å². The molecule has 0 atom stereocenters. The van der Waals surface area contributed by atoms with Gasteiger partial charge in [-0.2, -0.15) is 4.98 Å². The molecule has 0 saturated heterocycles. The summed E-state index contributed by atoms with van der Waals surface area (Å²) in [7, 11) is 4.07. The molecule has 1 fully saturated rings. The Hall–Kier alpha value is -2.73. The summed E-state index contributed by atoms with van der Waals surface area (Å²) in [5.41, 5.74) is 2.18. The number of nitrogens with zero attached hydrogens (tertiary/aromatic N) is 4. The Balaban J connectivity index is 1.21. The Kier molecular flexibility index (Phi) is 7.30. The van der Waals surface area contributed by atoms with E-state index in [1.54, 1.807) is 0 Å². The smallest absolute Gasteiger partial charge is 0.225 e. The Morgan fingerprint density at radius 3 is 2.55 bits per heavy atom. The summed E-state index contributed by atoms with van der Waals surface area (Å²) in [6.45, 7) is 2.18. The lowest BCUT2D eigenvalue weighted by Crippen LogP contribution is -2.32. The number of fused-ring (bicyclic) bond motifs is 1. The zero-order chi connectivity index (χ0) is 21.5. The van der Waals surface area contributed by atoms with Gasteiger partial charge in [-0.05, 0) is 81.8 Å². The number of pyridine rings is 1. The van der Waals surface area contributed by atoms with Crippen molar-refractivity contribution >= 4 is 22.7 Å². The number of hydrogen-bond acceptors (Lipinski definition) is 6. The number of rotatable bonds is 9. The molecule has 1 saturated carbocycles. The van der Waals surface area contributed by atoms with E-state index in [0.717, 1.165) is 54.5 Å². The van der Waals surface area contributed by atoms with Gasteiger partial charge in [0.05, 0.1) is 5.52 Å². The van der Waals surface area contributed by atoms with E-state index in [-0.39, 0.29) is 0 Å². The van der Waals surface area contributed by atoms with E-state index in [0.29, 0.717) is 6.04 Å². The van der Waals surface area contributed by atoms with Gasteiger partial charge in [0.15, 0.2) is 0 Å². The van der Waals surface area contributed by atoms with E-state index in [9.17, 15) is 0 Å². The van der Waals surface area contributed by atoms with Crippen LogP contribution in [-0.4, -0.2) is 48.2 Å². The van der Waals surface area contributed by atoms with Crippen molar-refractivity contribution in [3.05, 3.63) is 54.4 Å². The normalized spacial score (nSPS) is 18.8. The predicted octanol–water partition coefficient (Wildman–Crippen LogP) is 4.28. The molecule has 0 aliphatic heterocycles. The topological polar surface area (TPSA) is 66.0 Å². The van der Waals surface area contributed by atoms with Crippen LogP contribution in [0.1, 0.15) is 37.8 Å². The maximum Gasteiger partial charge on any atom is 0.225 e. The Morgan fingerprint density at radius 2 is 1.77 bits per heavy atom. The highest BCUT2D eigenvalue weighted by Crippen LogP contribution is 2.28. The average Bonchev–Trinajstić information content (AvgIpc) is 2.80. The van der Waals surface area contributed by atoms with Crippen LogP contribution >= 0.6 is 0 Å². The summed E-state index contributed by atoms with van der Waals surface area (Å²) < 4.78 is 0. The summed E-state index contributed by atoms with van der Waals surface area (Å²) in [5.74, 6) is 2.48. The SMILES string of the molecule is CN(C)c1nc(NC2CCC(CNCCCc3ccccn3)CC2)nc2ccccc12. The lowest BCUT2D eigenvalue weighted by molar-refractivity contribution is 0.324. The molecule has 0 amide bonds. The van der Waals surface area contributed by atoms with Gasteiger partial charge < -0.3 is 15.5 Å². The first kappa shape index (κ1) is 21.5. The summed E-state index contributed by atoms with van der Waals surface area (Å²) >= 11 is 0. The number of para-hydroxylation sites is 1. The predicted molar refractivity (Wildman–Crippen MR) is 129 cm³/mol. The van der Waals surface area contributed by atoms with E-state index < -0.39 is 0 Å². The molecule has 2 N–H and O–H groups in total. The van der Waals surface area contributed by atoms with E-state index >= 15 is 0 Å². The highest BCUT2D eigenvalue weighted by Gasteiger charge is 2.22. The van der Waals surface area contributed by atoms with Crippen molar-refractivity contribution in [3.8, 4) is 0 Å². The zero-order valence-electron chi connectivity index (χ0n) is 18.7. The summed E-state index contributed by atoms with van der Waals surface area (Å²) in [4.78, 5) is 16.0. The van der Waals surface area contributed by atoms with Crippen LogP contribution in [0.3, 0.4) is 0 Å². The largest absolute Gasteiger partial charge is 0.362 e. The van der Waals surface area contributed by atoms with Crippen LogP contribution in [0.5, 0.6) is 0 Å². The van der Waals surface area contributed by atoms with Crippen LogP contribution in [0.25, 0.3) is 10.9 Å². The van der Waals surface area contributed by atoms with Gasteiger partial charge in [-0.25, -0.2) is 4.98 Å². The zero-order valence-corrected chi connectivity index (χ0v) is 18.7. The monoisotopic (exact) mass is 418 g/mol. The van der Waals surface area contributed by atoms with Crippen LogP contribution in [-0.2, 0) is 6.42 Å². The van der Waals surface area contributed by atoms with E-state index in [1.165, 1.54) is 31.4 Å². The van der Waals surface area contributed by atoms with E-state index in [1.807, 2.05) is 38.5 Å². The average molecular weight is 419 g/mol. The van der Waals surface area contributed by atoms with Crippen molar-refractivity contribution in [2.24, 2.45) is 5.92 Å². The van der Waals surface area contributed by atoms with Gasteiger partial charge in [-0.1, -0.05) is 18.2 Å². The fraction of sp³-hybridized carbons (Fsp3) is 0.480. The van der Waals surface area contributed by atoms with E-state index in [2.05, 4.69) is 44.8 Å². The lowest BCUT2D eigenvalue weighted by Gasteiger charge is -2.29. The molecule has 1 aliphatic rings. The number of hydrogen-bond donors (Lipinski definition) is 2.